The van der Waals surface area contributed by atoms with Crippen molar-refractivity contribution in [1.82, 2.24) is 0 Å². The summed E-state index contributed by atoms with van der Waals surface area (Å²) >= 11 is 0. The van der Waals surface area contributed by atoms with Crippen LogP contribution in [0.5, 0.6) is 0 Å². The molecule has 31 heavy (non-hydrogen) atoms. The maximum Gasteiger partial charge on any atom is 0.362 e. The van der Waals surface area contributed by atoms with Gasteiger partial charge in [0.2, 0.25) is 5.34 Å². The summed E-state index contributed by atoms with van der Waals surface area (Å²) in [6.45, 7) is 2.30. The molecule has 1 atom stereocenters. The largest absolute Gasteiger partial charge is 0.373 e. The first-order chi connectivity index (χ1) is 14.5. The zero-order valence-electron chi connectivity index (χ0n) is 20.8. The molecule has 0 aromatic heterocycles. The molecule has 0 spiro atoms. The van der Waals surface area contributed by atoms with Gasteiger partial charge in [0.25, 0.3) is 0 Å². The maximum absolute atomic E-state index is 11.8. The highest BCUT2D eigenvalue weighted by Crippen LogP contribution is 2.52. The molecule has 1 unspecified atom stereocenters. The number of likely N-dealkylation sites (N-methyl/N-ethyl adjacent to an activating group) is 1. The second-order valence-corrected chi connectivity index (χ2v) is 11.9. The van der Waals surface area contributed by atoms with Gasteiger partial charge in [-0.25, -0.2) is 0 Å². The van der Waals surface area contributed by atoms with Gasteiger partial charge >= 0.3 is 7.60 Å². The van der Waals surface area contributed by atoms with Crippen LogP contribution in [-0.2, 0) is 4.57 Å². The predicted octanol–water partition coefficient (Wildman–Crippen LogP) is 6.54. The van der Waals surface area contributed by atoms with Crippen LogP contribution in [0.25, 0.3) is 0 Å². The number of allylic oxidation sites excluding steroid dienone is 4. The summed E-state index contributed by atoms with van der Waals surface area (Å²) in [5.74, 6) is 0. The molecule has 6 heteroatoms. The van der Waals surface area contributed by atoms with Gasteiger partial charge in [-0.1, -0.05) is 76.2 Å². The minimum absolute atomic E-state index is 0.0401. The van der Waals surface area contributed by atoms with Crippen molar-refractivity contribution in [3.8, 4) is 0 Å². The second kappa shape index (κ2) is 17.1. The van der Waals surface area contributed by atoms with Gasteiger partial charge in [0.1, 0.15) is 6.54 Å². The molecule has 0 saturated heterocycles. The number of quaternary nitrogens is 1. The molecular formula is C25H51NO4P+. The third-order valence-corrected chi connectivity index (χ3v) is 6.97. The summed E-state index contributed by atoms with van der Waals surface area (Å²) in [5.41, 5.74) is 0. The van der Waals surface area contributed by atoms with E-state index in [0.717, 1.165) is 25.7 Å². The van der Waals surface area contributed by atoms with Gasteiger partial charge in [0.15, 0.2) is 0 Å². The molecule has 0 amide bonds. The average Bonchev–Trinajstić information content (AvgIpc) is 2.65. The quantitative estimate of drug-likeness (QED) is 0.0834. The molecule has 0 aliphatic heterocycles. The van der Waals surface area contributed by atoms with Gasteiger partial charge in [0.05, 0.1) is 21.1 Å². The first-order valence-electron chi connectivity index (χ1n) is 12.4. The van der Waals surface area contributed by atoms with E-state index in [1.54, 1.807) is 0 Å². The minimum atomic E-state index is -4.56. The smallest absolute Gasteiger partial charge is 0.362 e. The molecule has 184 valence electrons. The zero-order valence-corrected chi connectivity index (χ0v) is 21.7. The average molecular weight is 461 g/mol. The van der Waals surface area contributed by atoms with Crippen LogP contribution < -0.4 is 0 Å². The number of aliphatic hydroxyl groups is 1. The molecule has 0 aromatic rings. The van der Waals surface area contributed by atoms with Crippen molar-refractivity contribution in [2.75, 3.05) is 27.7 Å². The first kappa shape index (κ1) is 30.6. The molecule has 0 fully saturated rings. The number of unbranched alkanes of at least 4 members (excludes halogenated alkanes) is 11. The molecule has 0 rings (SSSR count). The minimum Gasteiger partial charge on any atom is -0.373 e. The molecule has 0 aliphatic rings. The molecule has 0 aliphatic carbocycles. The van der Waals surface area contributed by atoms with Gasteiger partial charge in [0, 0.05) is 0 Å². The number of hydrogen-bond acceptors (Lipinski definition) is 2. The van der Waals surface area contributed by atoms with Crippen molar-refractivity contribution in [3.63, 3.8) is 0 Å². The van der Waals surface area contributed by atoms with Gasteiger partial charge < -0.3 is 19.4 Å². The van der Waals surface area contributed by atoms with Crippen molar-refractivity contribution in [2.24, 2.45) is 0 Å². The van der Waals surface area contributed by atoms with E-state index in [9.17, 15) is 19.5 Å². The van der Waals surface area contributed by atoms with E-state index in [0.29, 0.717) is 10.9 Å². The van der Waals surface area contributed by atoms with E-state index >= 15 is 0 Å². The Bertz CT molecular complexity index is 536. The van der Waals surface area contributed by atoms with E-state index in [-0.39, 0.29) is 13.0 Å². The molecule has 0 radical (unpaired) electrons. The fraction of sp³-hybridized carbons (Fsp3) is 0.840. The Labute approximate surface area is 192 Å². The van der Waals surface area contributed by atoms with Crippen LogP contribution in [0.1, 0.15) is 103 Å². The third-order valence-electron chi connectivity index (χ3n) is 5.53. The van der Waals surface area contributed by atoms with Crippen LogP contribution >= 0.6 is 7.60 Å². The lowest BCUT2D eigenvalue weighted by Gasteiger charge is -2.35. The summed E-state index contributed by atoms with van der Waals surface area (Å²) in [6.07, 6.45) is 25.5. The monoisotopic (exact) mass is 460 g/mol. The molecule has 0 aromatic carbocycles. The van der Waals surface area contributed by atoms with E-state index in [1.165, 1.54) is 57.8 Å². The number of rotatable bonds is 20. The van der Waals surface area contributed by atoms with Gasteiger partial charge in [-0.15, -0.1) is 0 Å². The Morgan fingerprint density at radius 1 is 0.710 bits per heavy atom. The van der Waals surface area contributed by atoms with Crippen LogP contribution in [-0.4, -0.2) is 52.4 Å². The van der Waals surface area contributed by atoms with E-state index < -0.39 is 12.9 Å². The van der Waals surface area contributed by atoms with E-state index in [1.807, 2.05) is 21.1 Å². The van der Waals surface area contributed by atoms with Gasteiger partial charge in [-0.05, 0) is 51.4 Å². The second-order valence-electron chi connectivity index (χ2n) is 10.0. The Kier molecular flexibility index (Phi) is 16.8. The number of nitrogens with zero attached hydrogens (tertiary/aromatic N) is 1. The fourth-order valence-corrected chi connectivity index (χ4v) is 4.86. The lowest BCUT2D eigenvalue weighted by atomic mass is 10.1. The summed E-state index contributed by atoms with van der Waals surface area (Å²) < 4.78 is 12.1. The molecular weight excluding hydrogens is 409 g/mol. The van der Waals surface area contributed by atoms with E-state index in [2.05, 4.69) is 31.2 Å². The highest BCUT2D eigenvalue weighted by Gasteiger charge is 2.48. The van der Waals surface area contributed by atoms with Crippen molar-refractivity contribution >= 4 is 7.60 Å². The van der Waals surface area contributed by atoms with Crippen LogP contribution in [0.3, 0.4) is 0 Å². The van der Waals surface area contributed by atoms with Crippen molar-refractivity contribution in [3.05, 3.63) is 24.3 Å². The molecule has 0 bridgehead atoms. The Hall–Kier alpha value is -0.450. The predicted molar refractivity (Wildman–Crippen MR) is 133 cm³/mol. The van der Waals surface area contributed by atoms with Crippen molar-refractivity contribution in [2.45, 2.75) is 109 Å². The van der Waals surface area contributed by atoms with E-state index in [4.69, 9.17) is 0 Å². The Morgan fingerprint density at radius 2 is 1.13 bits per heavy atom. The number of hydrogen-bond donors (Lipinski definition) is 3. The lowest BCUT2D eigenvalue weighted by Crippen LogP contribution is -2.49. The summed E-state index contributed by atoms with van der Waals surface area (Å²) in [5, 5.41) is 8.58. The van der Waals surface area contributed by atoms with Crippen molar-refractivity contribution < 1.29 is 23.9 Å². The SMILES string of the molecule is CCCCCCCCCC/C=C\CC/C=C\CCCCC(O)(C[N+](C)(C)C)P(=O)(O)O. The Morgan fingerprint density at radius 3 is 1.58 bits per heavy atom. The summed E-state index contributed by atoms with van der Waals surface area (Å²) in [6, 6.07) is 0. The van der Waals surface area contributed by atoms with Crippen LogP contribution in [0.4, 0.5) is 0 Å². The van der Waals surface area contributed by atoms with Crippen molar-refractivity contribution in [1.29, 1.82) is 0 Å². The highest BCUT2D eigenvalue weighted by molar-refractivity contribution is 7.53. The lowest BCUT2D eigenvalue weighted by molar-refractivity contribution is -0.875. The summed E-state index contributed by atoms with van der Waals surface area (Å²) in [7, 11) is 0.918. The highest BCUT2D eigenvalue weighted by atomic mass is 31.2. The standard InChI is InChI=1S/C25H50NO4P/c1-5-6-7-8-9-10-11-12-13-14-15-16-17-18-19-20-21-22-23-25(27,31(28,29)30)24-26(2,3)4/h14-15,18-19,27H,5-13,16-17,20-24H2,1-4H3,(H-,28,29,30)/p+1/b15-14-,19-18-. The molecule has 5 nitrogen and oxygen atoms in total. The summed E-state index contributed by atoms with van der Waals surface area (Å²) in [4.78, 5) is 19.1. The normalized spacial score (nSPS) is 15.2. The molecule has 3 N–H and O–H groups in total. The molecule has 0 saturated carbocycles. The van der Waals surface area contributed by atoms with Gasteiger partial charge in [-0.3, -0.25) is 4.57 Å². The van der Waals surface area contributed by atoms with Crippen LogP contribution in [0.2, 0.25) is 0 Å². The Balaban J connectivity index is 3.76. The third kappa shape index (κ3) is 17.7. The zero-order chi connectivity index (χ0) is 23.6. The molecule has 0 heterocycles. The van der Waals surface area contributed by atoms with Crippen LogP contribution in [0.15, 0.2) is 24.3 Å². The first-order valence-corrected chi connectivity index (χ1v) is 14.0. The topological polar surface area (TPSA) is 77.8 Å². The fourth-order valence-electron chi connectivity index (χ4n) is 3.81. The van der Waals surface area contributed by atoms with Gasteiger partial charge in [-0.2, -0.15) is 0 Å². The van der Waals surface area contributed by atoms with Crippen LogP contribution in [0, 0.1) is 0 Å². The maximum atomic E-state index is 11.8.